The second-order valence-electron chi connectivity index (χ2n) is 8.07. The molecule has 0 aliphatic heterocycles. The first kappa shape index (κ1) is 25.3. The van der Waals surface area contributed by atoms with Gasteiger partial charge < -0.3 is 19.5 Å². The molecule has 5 aromatic rings. The molecule has 0 saturated carbocycles. The van der Waals surface area contributed by atoms with E-state index in [1.54, 1.807) is 23.7 Å². The Morgan fingerprint density at radius 3 is 2.47 bits per heavy atom. The lowest BCUT2D eigenvalue weighted by Gasteiger charge is -2.11. The van der Waals surface area contributed by atoms with Crippen LogP contribution < -0.4 is 5.32 Å². The van der Waals surface area contributed by atoms with Gasteiger partial charge in [0.15, 0.2) is 6.10 Å². The highest BCUT2D eigenvalue weighted by Crippen LogP contribution is 2.43. The average molecular weight is 542 g/mol. The molecule has 1 atom stereocenters. The van der Waals surface area contributed by atoms with Crippen LogP contribution in [0.15, 0.2) is 74.5 Å². The van der Waals surface area contributed by atoms with E-state index >= 15 is 0 Å². The van der Waals surface area contributed by atoms with Gasteiger partial charge in [-0.1, -0.05) is 64.9 Å². The SMILES string of the molecule is O=C(NCCc1cscn1)[C@H](O)c1ccc(-c2noc(-c3onc(-c4ccccc4)c3C(F)(F)F)n2)cc1. The van der Waals surface area contributed by atoms with Crippen LogP contribution in [0.5, 0.6) is 0 Å². The molecule has 0 aliphatic rings. The van der Waals surface area contributed by atoms with Crippen molar-refractivity contribution in [2.75, 3.05) is 6.54 Å². The van der Waals surface area contributed by atoms with Crippen LogP contribution in [-0.4, -0.2) is 37.8 Å². The summed E-state index contributed by atoms with van der Waals surface area (Å²) in [5.41, 5.74) is 1.94. The van der Waals surface area contributed by atoms with Gasteiger partial charge in [0.25, 0.3) is 11.8 Å². The van der Waals surface area contributed by atoms with Crippen LogP contribution in [0.2, 0.25) is 0 Å². The van der Waals surface area contributed by atoms with Gasteiger partial charge in [-0.15, -0.1) is 11.3 Å². The number of thiazole rings is 1. The molecule has 194 valence electrons. The third-order valence-electron chi connectivity index (χ3n) is 5.54. The number of aliphatic hydroxyl groups excluding tert-OH is 1. The lowest BCUT2D eigenvalue weighted by atomic mass is 10.1. The summed E-state index contributed by atoms with van der Waals surface area (Å²) in [5, 5.41) is 22.2. The molecule has 13 heteroatoms. The van der Waals surface area contributed by atoms with Gasteiger partial charge in [0, 0.05) is 29.5 Å². The number of hydrogen-bond donors (Lipinski definition) is 2. The minimum atomic E-state index is -4.80. The van der Waals surface area contributed by atoms with Crippen molar-refractivity contribution < 1.29 is 32.1 Å². The lowest BCUT2D eigenvalue weighted by molar-refractivity contribution is -0.137. The van der Waals surface area contributed by atoms with Gasteiger partial charge in [-0.25, -0.2) is 4.98 Å². The van der Waals surface area contributed by atoms with E-state index in [2.05, 4.69) is 25.6 Å². The zero-order valence-corrected chi connectivity index (χ0v) is 20.2. The van der Waals surface area contributed by atoms with Gasteiger partial charge in [0.2, 0.25) is 11.6 Å². The molecule has 0 bridgehead atoms. The zero-order chi connectivity index (χ0) is 26.7. The van der Waals surface area contributed by atoms with Crippen molar-refractivity contribution in [1.29, 1.82) is 0 Å². The first-order valence-electron chi connectivity index (χ1n) is 11.2. The molecule has 1 amide bonds. The summed E-state index contributed by atoms with van der Waals surface area (Å²) in [6.07, 6.45) is -5.68. The van der Waals surface area contributed by atoms with E-state index in [9.17, 15) is 23.1 Å². The number of hydrogen-bond acceptors (Lipinski definition) is 9. The van der Waals surface area contributed by atoms with Crippen molar-refractivity contribution in [3.05, 3.63) is 82.3 Å². The van der Waals surface area contributed by atoms with E-state index < -0.39 is 41.1 Å². The number of carbonyl (C=O) groups is 1. The summed E-state index contributed by atoms with van der Waals surface area (Å²) in [7, 11) is 0. The number of carbonyl (C=O) groups excluding carboxylic acids is 1. The maximum absolute atomic E-state index is 13.9. The van der Waals surface area contributed by atoms with E-state index in [1.165, 1.54) is 47.7 Å². The molecule has 0 saturated heterocycles. The Hall–Kier alpha value is -4.36. The summed E-state index contributed by atoms with van der Waals surface area (Å²) >= 11 is 1.45. The Morgan fingerprint density at radius 1 is 1.03 bits per heavy atom. The van der Waals surface area contributed by atoms with Gasteiger partial charge in [0.1, 0.15) is 11.3 Å². The molecule has 2 N–H and O–H groups in total. The fourth-order valence-electron chi connectivity index (χ4n) is 3.66. The quantitative estimate of drug-likeness (QED) is 0.283. The minimum absolute atomic E-state index is 0.0143. The molecule has 3 heterocycles. The van der Waals surface area contributed by atoms with Crippen LogP contribution in [0.4, 0.5) is 13.2 Å². The van der Waals surface area contributed by atoms with Crippen molar-refractivity contribution in [2.24, 2.45) is 0 Å². The summed E-state index contributed by atoms with van der Waals surface area (Å²) in [6, 6.07) is 13.8. The number of nitrogens with one attached hydrogen (secondary N) is 1. The van der Waals surface area contributed by atoms with Crippen molar-refractivity contribution in [2.45, 2.75) is 18.7 Å². The number of nitrogens with zero attached hydrogens (tertiary/aromatic N) is 4. The number of alkyl halides is 3. The fraction of sp³-hybridized carbons (Fsp3) is 0.160. The zero-order valence-electron chi connectivity index (χ0n) is 19.3. The Morgan fingerprint density at radius 2 is 1.79 bits per heavy atom. The van der Waals surface area contributed by atoms with Crippen molar-refractivity contribution in [3.8, 4) is 34.3 Å². The van der Waals surface area contributed by atoms with Crippen LogP contribution in [0, 0.1) is 0 Å². The molecular formula is C25H18F3N5O4S. The smallest absolute Gasteiger partial charge is 0.378 e. The van der Waals surface area contributed by atoms with Gasteiger partial charge in [0.05, 0.1) is 11.2 Å². The topological polar surface area (TPSA) is 127 Å². The number of halogens is 3. The molecule has 2 aromatic carbocycles. The molecule has 5 rings (SSSR count). The van der Waals surface area contributed by atoms with E-state index in [-0.39, 0.29) is 11.4 Å². The van der Waals surface area contributed by atoms with Crippen LogP contribution in [-0.2, 0) is 17.4 Å². The largest absolute Gasteiger partial charge is 0.422 e. The highest BCUT2D eigenvalue weighted by atomic mass is 32.1. The number of benzene rings is 2. The van der Waals surface area contributed by atoms with Gasteiger partial charge >= 0.3 is 6.18 Å². The third-order valence-corrected chi connectivity index (χ3v) is 6.18. The second-order valence-corrected chi connectivity index (χ2v) is 8.79. The van der Waals surface area contributed by atoms with Gasteiger partial charge in [-0.05, 0) is 5.56 Å². The second kappa shape index (κ2) is 10.6. The van der Waals surface area contributed by atoms with Crippen LogP contribution >= 0.6 is 11.3 Å². The number of aliphatic hydroxyl groups is 1. The van der Waals surface area contributed by atoms with Gasteiger partial charge in [-0.2, -0.15) is 18.2 Å². The first-order chi connectivity index (χ1) is 18.3. The van der Waals surface area contributed by atoms with Crippen LogP contribution in [0.1, 0.15) is 22.9 Å². The molecular weight excluding hydrogens is 523 g/mol. The van der Waals surface area contributed by atoms with E-state index in [1.807, 2.05) is 5.38 Å². The number of aromatic nitrogens is 4. The molecule has 9 nitrogen and oxygen atoms in total. The highest BCUT2D eigenvalue weighted by molar-refractivity contribution is 7.07. The number of amides is 1. The summed E-state index contributed by atoms with van der Waals surface area (Å²) in [5.74, 6) is -1.78. The highest BCUT2D eigenvalue weighted by Gasteiger charge is 2.43. The van der Waals surface area contributed by atoms with E-state index in [0.29, 0.717) is 24.1 Å². The summed E-state index contributed by atoms with van der Waals surface area (Å²) in [4.78, 5) is 20.5. The van der Waals surface area contributed by atoms with Crippen molar-refractivity contribution in [1.82, 2.24) is 25.6 Å². The Labute approximate surface area is 216 Å². The minimum Gasteiger partial charge on any atom is -0.378 e. The van der Waals surface area contributed by atoms with Crippen LogP contribution in [0.25, 0.3) is 34.3 Å². The molecule has 0 spiro atoms. The monoisotopic (exact) mass is 541 g/mol. The maximum Gasteiger partial charge on any atom is 0.422 e. The van der Waals surface area contributed by atoms with Crippen molar-refractivity contribution in [3.63, 3.8) is 0 Å². The molecule has 0 aliphatic carbocycles. The van der Waals surface area contributed by atoms with E-state index in [4.69, 9.17) is 9.05 Å². The van der Waals surface area contributed by atoms with Crippen LogP contribution in [0.3, 0.4) is 0 Å². The van der Waals surface area contributed by atoms with Crippen molar-refractivity contribution >= 4 is 17.2 Å². The molecule has 3 aromatic heterocycles. The molecule has 0 unspecified atom stereocenters. The lowest BCUT2D eigenvalue weighted by Crippen LogP contribution is -2.31. The summed E-state index contributed by atoms with van der Waals surface area (Å²) in [6.45, 7) is 0.316. The summed E-state index contributed by atoms with van der Waals surface area (Å²) < 4.78 is 51.9. The average Bonchev–Trinajstić information content (AvgIpc) is 3.69. The first-order valence-corrected chi connectivity index (χ1v) is 12.1. The molecule has 0 radical (unpaired) electrons. The predicted octanol–water partition coefficient (Wildman–Crippen LogP) is 4.93. The fourth-order valence-corrected chi connectivity index (χ4v) is 4.26. The Balaban J connectivity index is 1.32. The molecule has 0 fully saturated rings. The molecule has 38 heavy (non-hydrogen) atoms. The number of rotatable bonds is 8. The normalized spacial score (nSPS) is 12.4. The predicted molar refractivity (Wildman–Crippen MR) is 129 cm³/mol. The van der Waals surface area contributed by atoms with Gasteiger partial charge in [-0.3, -0.25) is 4.79 Å². The Bertz CT molecular complexity index is 1520. The standard InChI is InChI=1S/C25H18F3N5O4S/c26-25(27,28)18-19(14-4-2-1-3-5-14)32-36-21(18)24-31-22(33-37-24)16-8-6-15(7-9-16)20(34)23(35)29-11-10-17-12-38-13-30-17/h1-9,12-13,20,34H,10-11H2,(H,29,35)/t20-/m1/s1. The maximum atomic E-state index is 13.9. The Kier molecular flexibility index (Phi) is 7.03. The third kappa shape index (κ3) is 5.33. The van der Waals surface area contributed by atoms with E-state index in [0.717, 1.165) is 5.69 Å².